The molecule has 130 valence electrons. The minimum atomic E-state index is -0.0309. The van der Waals surface area contributed by atoms with Gasteiger partial charge in [-0.05, 0) is 69.7 Å². The van der Waals surface area contributed by atoms with Crippen molar-refractivity contribution in [2.75, 3.05) is 11.4 Å². The minimum Gasteiger partial charge on any atom is -0.508 e. The van der Waals surface area contributed by atoms with Crippen molar-refractivity contribution in [2.45, 2.75) is 33.2 Å². The summed E-state index contributed by atoms with van der Waals surface area (Å²) in [6, 6.07) is 10.9. The molecule has 0 aromatic heterocycles. The van der Waals surface area contributed by atoms with Gasteiger partial charge in [0.15, 0.2) is 0 Å². The average Bonchev–Trinajstić information content (AvgIpc) is 2.54. The lowest BCUT2D eigenvalue weighted by Crippen LogP contribution is -2.44. The molecule has 4 heteroatoms. The largest absolute Gasteiger partial charge is 0.508 e. The Kier molecular flexibility index (Phi) is 4.61. The highest BCUT2D eigenvalue weighted by molar-refractivity contribution is 6.33. The second kappa shape index (κ2) is 6.57. The highest BCUT2D eigenvalue weighted by Gasteiger charge is 2.30. The zero-order valence-corrected chi connectivity index (χ0v) is 15.8. The molecular formula is C21H23ClN2O. The third kappa shape index (κ3) is 3.42. The molecule has 1 heterocycles. The maximum atomic E-state index is 9.35. The second-order valence-electron chi connectivity index (χ2n) is 6.89. The Labute approximate surface area is 154 Å². The Morgan fingerprint density at radius 1 is 1.20 bits per heavy atom. The molecule has 0 radical (unpaired) electrons. The van der Waals surface area contributed by atoms with E-state index in [-0.39, 0.29) is 11.3 Å². The SMILES string of the molecule is CCN1c2cc(Cl)c(C=Nc3ccc(O)cc3)cc2C(C)=CC1(C)C. The van der Waals surface area contributed by atoms with Crippen molar-refractivity contribution >= 4 is 34.8 Å². The van der Waals surface area contributed by atoms with Crippen LogP contribution in [0.3, 0.4) is 0 Å². The van der Waals surface area contributed by atoms with Crippen molar-refractivity contribution < 1.29 is 5.11 Å². The van der Waals surface area contributed by atoms with Crippen LogP contribution in [0.2, 0.25) is 5.02 Å². The monoisotopic (exact) mass is 354 g/mol. The van der Waals surface area contributed by atoms with Gasteiger partial charge in [0.05, 0.1) is 16.2 Å². The summed E-state index contributed by atoms with van der Waals surface area (Å²) in [6.07, 6.45) is 4.08. The Morgan fingerprint density at radius 2 is 1.88 bits per heavy atom. The summed E-state index contributed by atoms with van der Waals surface area (Å²) in [4.78, 5) is 6.83. The number of fused-ring (bicyclic) bond motifs is 1. The number of phenols is 1. The molecule has 0 atom stereocenters. The minimum absolute atomic E-state index is 0.0309. The van der Waals surface area contributed by atoms with Crippen LogP contribution in [0.1, 0.15) is 38.8 Å². The quantitative estimate of drug-likeness (QED) is 0.705. The molecule has 0 spiro atoms. The fourth-order valence-corrected chi connectivity index (χ4v) is 3.68. The van der Waals surface area contributed by atoms with E-state index in [1.807, 2.05) is 6.07 Å². The van der Waals surface area contributed by atoms with Gasteiger partial charge in [0, 0.05) is 29.6 Å². The predicted molar refractivity (Wildman–Crippen MR) is 108 cm³/mol. The molecule has 3 nitrogen and oxygen atoms in total. The van der Waals surface area contributed by atoms with Crippen molar-refractivity contribution in [3.63, 3.8) is 0 Å². The van der Waals surface area contributed by atoms with E-state index < -0.39 is 0 Å². The molecule has 1 N–H and O–H groups in total. The van der Waals surface area contributed by atoms with Gasteiger partial charge >= 0.3 is 0 Å². The van der Waals surface area contributed by atoms with Crippen LogP contribution in [0.25, 0.3) is 5.57 Å². The van der Waals surface area contributed by atoms with Crippen LogP contribution < -0.4 is 4.90 Å². The number of hydrogen-bond acceptors (Lipinski definition) is 3. The molecule has 2 aromatic rings. The highest BCUT2D eigenvalue weighted by Crippen LogP contribution is 2.41. The molecule has 0 saturated heterocycles. The zero-order chi connectivity index (χ0) is 18.2. The number of phenolic OH excluding ortho intramolecular Hbond substituents is 1. The average molecular weight is 355 g/mol. The summed E-state index contributed by atoms with van der Waals surface area (Å²) < 4.78 is 0. The topological polar surface area (TPSA) is 35.8 Å². The van der Waals surface area contributed by atoms with Crippen LogP contribution in [0.4, 0.5) is 11.4 Å². The number of aliphatic imine (C=N–C) groups is 1. The Hall–Kier alpha value is -2.26. The number of likely N-dealkylation sites (N-methyl/N-ethyl adjacent to an activating group) is 1. The summed E-state index contributed by atoms with van der Waals surface area (Å²) in [5.41, 5.74) is 5.24. The van der Waals surface area contributed by atoms with Gasteiger partial charge < -0.3 is 10.0 Å². The van der Waals surface area contributed by atoms with Gasteiger partial charge in [0.1, 0.15) is 5.75 Å². The van der Waals surface area contributed by atoms with Crippen molar-refractivity contribution in [3.8, 4) is 5.75 Å². The van der Waals surface area contributed by atoms with E-state index in [0.717, 1.165) is 17.8 Å². The summed E-state index contributed by atoms with van der Waals surface area (Å²) in [5.74, 6) is 0.230. The maximum absolute atomic E-state index is 9.35. The first kappa shape index (κ1) is 17.6. The lowest BCUT2D eigenvalue weighted by Gasteiger charge is -2.43. The Balaban J connectivity index is 2.02. The molecular weight excluding hydrogens is 332 g/mol. The van der Waals surface area contributed by atoms with Crippen molar-refractivity contribution in [1.82, 2.24) is 0 Å². The lowest BCUT2D eigenvalue weighted by molar-refractivity contribution is 0.475. The summed E-state index contributed by atoms with van der Waals surface area (Å²) in [6.45, 7) is 9.66. The predicted octanol–water partition coefficient (Wildman–Crippen LogP) is 5.82. The standard InChI is InChI=1S/C21H23ClN2O/c1-5-24-20-11-19(22)15(10-18(20)14(2)12-21(24,3)4)13-23-16-6-8-17(25)9-7-16/h6-13,25H,5H2,1-4H3. The number of aromatic hydroxyl groups is 1. The van der Waals surface area contributed by atoms with Crippen LogP contribution >= 0.6 is 11.6 Å². The lowest BCUT2D eigenvalue weighted by atomic mass is 9.88. The fourth-order valence-electron chi connectivity index (χ4n) is 3.47. The third-order valence-corrected chi connectivity index (χ3v) is 4.94. The van der Waals surface area contributed by atoms with Crippen LogP contribution in [0, 0.1) is 0 Å². The van der Waals surface area contributed by atoms with Gasteiger partial charge in [-0.2, -0.15) is 0 Å². The number of hydrogen-bond donors (Lipinski definition) is 1. The first-order valence-corrected chi connectivity index (χ1v) is 8.84. The van der Waals surface area contributed by atoms with E-state index in [0.29, 0.717) is 5.02 Å². The van der Waals surface area contributed by atoms with Crippen molar-refractivity contribution in [2.24, 2.45) is 4.99 Å². The number of benzene rings is 2. The molecule has 0 bridgehead atoms. The van der Waals surface area contributed by atoms with Crippen LogP contribution in [0.5, 0.6) is 5.75 Å². The molecule has 3 rings (SSSR count). The van der Waals surface area contributed by atoms with E-state index >= 15 is 0 Å². The van der Waals surface area contributed by atoms with Crippen molar-refractivity contribution in [1.29, 1.82) is 0 Å². The Morgan fingerprint density at radius 3 is 2.52 bits per heavy atom. The van der Waals surface area contributed by atoms with Gasteiger partial charge in [-0.15, -0.1) is 0 Å². The van der Waals surface area contributed by atoms with Crippen LogP contribution in [-0.4, -0.2) is 23.4 Å². The molecule has 0 fully saturated rings. The maximum Gasteiger partial charge on any atom is 0.115 e. The fraction of sp³-hybridized carbons (Fsp3) is 0.286. The molecule has 0 aliphatic carbocycles. The first-order chi connectivity index (χ1) is 11.8. The smallest absolute Gasteiger partial charge is 0.115 e. The van der Waals surface area contributed by atoms with Gasteiger partial charge in [0.25, 0.3) is 0 Å². The summed E-state index contributed by atoms with van der Waals surface area (Å²) in [5, 5.41) is 10.0. The normalized spacial score (nSPS) is 16.0. The van der Waals surface area contributed by atoms with E-state index in [9.17, 15) is 5.11 Å². The van der Waals surface area contributed by atoms with Crippen LogP contribution in [0.15, 0.2) is 47.5 Å². The molecule has 2 aromatic carbocycles. The van der Waals surface area contributed by atoms with E-state index in [4.69, 9.17) is 11.6 Å². The van der Waals surface area contributed by atoms with Gasteiger partial charge in [-0.1, -0.05) is 17.7 Å². The first-order valence-electron chi connectivity index (χ1n) is 8.46. The van der Waals surface area contributed by atoms with E-state index in [1.165, 1.54) is 16.8 Å². The zero-order valence-electron chi connectivity index (χ0n) is 15.0. The number of anilines is 1. The van der Waals surface area contributed by atoms with Gasteiger partial charge in [-0.25, -0.2) is 0 Å². The molecule has 0 unspecified atom stereocenters. The number of nitrogens with zero attached hydrogens (tertiary/aromatic N) is 2. The molecule has 25 heavy (non-hydrogen) atoms. The van der Waals surface area contributed by atoms with Gasteiger partial charge in [-0.3, -0.25) is 4.99 Å². The molecule has 1 aliphatic rings. The highest BCUT2D eigenvalue weighted by atomic mass is 35.5. The van der Waals surface area contributed by atoms with Gasteiger partial charge in [0.2, 0.25) is 0 Å². The Bertz CT molecular complexity index is 851. The summed E-state index contributed by atoms with van der Waals surface area (Å²) in [7, 11) is 0. The molecule has 0 amide bonds. The number of rotatable bonds is 3. The molecule has 0 saturated carbocycles. The molecule has 1 aliphatic heterocycles. The number of halogens is 1. The number of allylic oxidation sites excluding steroid dienone is 1. The third-order valence-electron chi connectivity index (χ3n) is 4.61. The van der Waals surface area contributed by atoms with Crippen molar-refractivity contribution in [3.05, 3.63) is 58.6 Å². The van der Waals surface area contributed by atoms with E-state index in [1.54, 1.807) is 30.5 Å². The van der Waals surface area contributed by atoms with Crippen LogP contribution in [-0.2, 0) is 0 Å². The second-order valence-corrected chi connectivity index (χ2v) is 7.30. The summed E-state index contributed by atoms with van der Waals surface area (Å²) >= 11 is 6.54. The van der Waals surface area contributed by atoms with E-state index in [2.05, 4.69) is 49.7 Å².